The van der Waals surface area contributed by atoms with Crippen molar-refractivity contribution in [1.29, 1.82) is 0 Å². The fraction of sp³-hybridized carbons (Fsp3) is 0.391. The van der Waals surface area contributed by atoms with Gasteiger partial charge in [0, 0.05) is 42.3 Å². The van der Waals surface area contributed by atoms with Crippen LogP contribution in [0.1, 0.15) is 49.8 Å². The molecule has 0 saturated carbocycles. The number of hydrogen-bond acceptors (Lipinski definition) is 5. The van der Waals surface area contributed by atoms with E-state index in [1.165, 1.54) is 18.2 Å². The number of unbranched alkanes of at least 4 members (excludes halogenated alkanes) is 1. The Morgan fingerprint density at radius 1 is 1.30 bits per heavy atom. The van der Waals surface area contributed by atoms with Crippen LogP contribution in [-0.2, 0) is 4.74 Å². The maximum Gasteiger partial charge on any atom is 0.166 e. The summed E-state index contributed by atoms with van der Waals surface area (Å²) in [5, 5.41) is 0.435. The van der Waals surface area contributed by atoms with Crippen molar-refractivity contribution in [3.63, 3.8) is 0 Å². The van der Waals surface area contributed by atoms with Crippen LogP contribution in [0.25, 0.3) is 5.57 Å². The van der Waals surface area contributed by atoms with Gasteiger partial charge in [-0.1, -0.05) is 17.7 Å². The van der Waals surface area contributed by atoms with Crippen molar-refractivity contribution >= 4 is 29.2 Å². The molecule has 1 aromatic carbocycles. The first-order valence-electron chi connectivity index (χ1n) is 10.1. The number of ether oxygens (including phenoxy) is 2. The van der Waals surface area contributed by atoms with Gasteiger partial charge in [0.05, 0.1) is 6.04 Å². The van der Waals surface area contributed by atoms with Crippen molar-refractivity contribution in [3.8, 4) is 5.75 Å². The molecular formula is C23H27ClFN3O2. The fourth-order valence-electron chi connectivity index (χ4n) is 3.36. The number of nitrogen functional groups attached to an aromatic ring is 1. The SMILES string of the molecule is COCCCCC1CC=C(c2cnc(N)c(OC(C)c3cc(F)ccc3Cl)c2)C=N1. The molecule has 1 aliphatic heterocycles. The highest BCUT2D eigenvalue weighted by atomic mass is 35.5. The first-order chi connectivity index (χ1) is 14.5. The minimum Gasteiger partial charge on any atom is -0.482 e. The van der Waals surface area contributed by atoms with Crippen molar-refractivity contribution in [2.75, 3.05) is 19.5 Å². The summed E-state index contributed by atoms with van der Waals surface area (Å²) >= 11 is 6.19. The molecule has 0 amide bonds. The van der Waals surface area contributed by atoms with Gasteiger partial charge < -0.3 is 15.2 Å². The van der Waals surface area contributed by atoms with Crippen LogP contribution in [-0.4, -0.2) is 31.0 Å². The molecular weight excluding hydrogens is 405 g/mol. The lowest BCUT2D eigenvalue weighted by Crippen LogP contribution is -2.10. The van der Waals surface area contributed by atoms with Crippen LogP contribution in [0.2, 0.25) is 5.02 Å². The number of pyridine rings is 1. The molecule has 30 heavy (non-hydrogen) atoms. The maximum absolute atomic E-state index is 13.6. The standard InChI is InChI=1S/C23H27ClFN3O2/c1-15(20-12-18(25)7-9-21(20)24)30-22-11-17(14-28-23(22)26)16-6-8-19(27-13-16)5-3-4-10-29-2/h6-7,9,11-15,19H,3-5,8,10H2,1-2H3,(H2,26,28). The number of benzene rings is 1. The van der Waals surface area contributed by atoms with Crippen LogP contribution in [0.3, 0.4) is 0 Å². The van der Waals surface area contributed by atoms with Gasteiger partial charge in [0.25, 0.3) is 0 Å². The smallest absolute Gasteiger partial charge is 0.166 e. The topological polar surface area (TPSA) is 69.7 Å². The minimum absolute atomic E-state index is 0.266. The van der Waals surface area contributed by atoms with Crippen LogP contribution < -0.4 is 10.5 Å². The number of halogens is 2. The summed E-state index contributed by atoms with van der Waals surface area (Å²) in [6, 6.07) is 6.33. The van der Waals surface area contributed by atoms with Crippen LogP contribution >= 0.6 is 11.6 Å². The number of allylic oxidation sites excluding steroid dienone is 1. The molecule has 1 aliphatic rings. The Kier molecular flexibility index (Phi) is 7.82. The van der Waals surface area contributed by atoms with Gasteiger partial charge in [-0.05, 0) is 62.4 Å². The Hall–Kier alpha value is -2.44. The van der Waals surface area contributed by atoms with Crippen molar-refractivity contribution in [2.24, 2.45) is 4.99 Å². The third-order valence-electron chi connectivity index (χ3n) is 5.08. The number of rotatable bonds is 9. The van der Waals surface area contributed by atoms with Crippen molar-refractivity contribution in [1.82, 2.24) is 4.98 Å². The quantitative estimate of drug-likeness (QED) is 0.521. The van der Waals surface area contributed by atoms with Gasteiger partial charge in [-0.3, -0.25) is 4.99 Å². The molecule has 2 heterocycles. The van der Waals surface area contributed by atoms with Gasteiger partial charge in [0.1, 0.15) is 11.9 Å². The minimum atomic E-state index is -0.488. The number of aliphatic imine (C=N–C) groups is 1. The number of hydrogen-bond donors (Lipinski definition) is 1. The molecule has 160 valence electrons. The number of dihydropyridines is 1. The van der Waals surface area contributed by atoms with Gasteiger partial charge in [-0.2, -0.15) is 0 Å². The Bertz CT molecular complexity index is 933. The van der Waals surface area contributed by atoms with E-state index in [2.05, 4.69) is 16.1 Å². The lowest BCUT2D eigenvalue weighted by Gasteiger charge is -2.19. The summed E-state index contributed by atoms with van der Waals surface area (Å²) in [6.07, 6.45) is 9.35. The van der Waals surface area contributed by atoms with E-state index < -0.39 is 6.10 Å². The summed E-state index contributed by atoms with van der Waals surface area (Å²) in [7, 11) is 1.72. The molecule has 0 fully saturated rings. The number of nitrogens with zero attached hydrogens (tertiary/aromatic N) is 2. The number of nitrogens with two attached hydrogens (primary N) is 1. The molecule has 0 radical (unpaired) electrons. The van der Waals surface area contributed by atoms with Gasteiger partial charge >= 0.3 is 0 Å². The Labute approximate surface area is 181 Å². The first-order valence-corrected chi connectivity index (χ1v) is 10.5. The van der Waals surface area contributed by atoms with Gasteiger partial charge in [0.15, 0.2) is 11.6 Å². The lowest BCUT2D eigenvalue weighted by atomic mass is 9.99. The number of methoxy groups -OCH3 is 1. The second-order valence-corrected chi connectivity index (χ2v) is 7.76. The predicted octanol–water partition coefficient (Wildman–Crippen LogP) is 5.64. The van der Waals surface area contributed by atoms with E-state index in [-0.39, 0.29) is 11.6 Å². The highest BCUT2D eigenvalue weighted by Gasteiger charge is 2.17. The molecule has 1 aromatic heterocycles. The summed E-state index contributed by atoms with van der Waals surface area (Å²) in [5.74, 6) is 0.323. The van der Waals surface area contributed by atoms with Gasteiger partial charge in [-0.25, -0.2) is 9.37 Å². The van der Waals surface area contributed by atoms with Gasteiger partial charge in [-0.15, -0.1) is 0 Å². The van der Waals surface area contributed by atoms with Crippen LogP contribution in [0.5, 0.6) is 5.75 Å². The lowest BCUT2D eigenvalue weighted by molar-refractivity contribution is 0.191. The Morgan fingerprint density at radius 3 is 2.87 bits per heavy atom. The van der Waals surface area contributed by atoms with E-state index in [1.807, 2.05) is 12.3 Å². The number of anilines is 1. The van der Waals surface area contributed by atoms with Crippen molar-refractivity contribution < 1.29 is 13.9 Å². The van der Waals surface area contributed by atoms with E-state index in [0.717, 1.165) is 43.4 Å². The molecule has 2 atom stereocenters. The average molecular weight is 432 g/mol. The van der Waals surface area contributed by atoms with E-state index in [1.54, 1.807) is 20.2 Å². The summed E-state index contributed by atoms with van der Waals surface area (Å²) in [4.78, 5) is 8.93. The first kappa shape index (κ1) is 22.2. The largest absolute Gasteiger partial charge is 0.482 e. The highest BCUT2D eigenvalue weighted by molar-refractivity contribution is 6.31. The molecule has 7 heteroatoms. The van der Waals surface area contributed by atoms with Crippen LogP contribution in [0, 0.1) is 5.82 Å². The predicted molar refractivity (Wildman–Crippen MR) is 120 cm³/mol. The third kappa shape index (κ3) is 5.80. The van der Waals surface area contributed by atoms with E-state index in [0.29, 0.717) is 22.4 Å². The van der Waals surface area contributed by atoms with Crippen LogP contribution in [0.15, 0.2) is 41.5 Å². The fourth-order valence-corrected chi connectivity index (χ4v) is 3.63. The van der Waals surface area contributed by atoms with Crippen LogP contribution in [0.4, 0.5) is 10.2 Å². The average Bonchev–Trinajstić information content (AvgIpc) is 2.75. The molecule has 0 aliphatic carbocycles. The molecule has 2 aromatic rings. The zero-order valence-electron chi connectivity index (χ0n) is 17.3. The molecule has 3 rings (SSSR count). The third-order valence-corrected chi connectivity index (χ3v) is 5.43. The maximum atomic E-state index is 13.6. The van der Waals surface area contributed by atoms with E-state index in [4.69, 9.17) is 26.8 Å². The zero-order valence-corrected chi connectivity index (χ0v) is 18.0. The summed E-state index contributed by atoms with van der Waals surface area (Å²) < 4.78 is 24.7. The Morgan fingerprint density at radius 2 is 2.13 bits per heavy atom. The number of aromatic nitrogens is 1. The van der Waals surface area contributed by atoms with Gasteiger partial charge in [0.2, 0.25) is 0 Å². The molecule has 0 spiro atoms. The second kappa shape index (κ2) is 10.5. The summed E-state index contributed by atoms with van der Waals surface area (Å²) in [5.41, 5.74) is 8.42. The zero-order chi connectivity index (χ0) is 21.5. The van der Waals surface area contributed by atoms with Crippen molar-refractivity contribution in [2.45, 2.75) is 44.8 Å². The van der Waals surface area contributed by atoms with E-state index in [9.17, 15) is 4.39 Å². The molecule has 2 N–H and O–H groups in total. The molecule has 0 bridgehead atoms. The molecule has 2 unspecified atom stereocenters. The second-order valence-electron chi connectivity index (χ2n) is 7.35. The normalized spacial score (nSPS) is 16.9. The molecule has 0 saturated heterocycles. The summed E-state index contributed by atoms with van der Waals surface area (Å²) in [6.45, 7) is 2.58. The van der Waals surface area contributed by atoms with Crippen molar-refractivity contribution in [3.05, 3.63) is 58.5 Å². The highest BCUT2D eigenvalue weighted by Crippen LogP contribution is 2.32. The monoisotopic (exact) mass is 431 g/mol. The Balaban J connectivity index is 1.68. The van der Waals surface area contributed by atoms with E-state index >= 15 is 0 Å². The molecule has 5 nitrogen and oxygen atoms in total.